The van der Waals surface area contributed by atoms with Crippen molar-refractivity contribution < 1.29 is 9.47 Å². The number of benzene rings is 1. The van der Waals surface area contributed by atoms with E-state index in [1.165, 1.54) is 5.56 Å². The van der Waals surface area contributed by atoms with Gasteiger partial charge in [-0.2, -0.15) is 0 Å². The van der Waals surface area contributed by atoms with E-state index in [1.807, 2.05) is 12.3 Å². The maximum atomic E-state index is 5.52. The second-order valence-electron chi connectivity index (χ2n) is 4.51. The van der Waals surface area contributed by atoms with Crippen molar-refractivity contribution >= 4 is 5.69 Å². The predicted molar refractivity (Wildman–Crippen MR) is 67.4 cm³/mol. The SMILES string of the molecule is C1=COC(CNc2ccc3c(c2)CCO3)CC1. The van der Waals surface area contributed by atoms with E-state index in [1.54, 1.807) is 0 Å². The molecule has 0 aliphatic carbocycles. The zero-order valence-electron chi connectivity index (χ0n) is 9.82. The van der Waals surface area contributed by atoms with E-state index in [0.29, 0.717) is 6.10 Å². The summed E-state index contributed by atoms with van der Waals surface area (Å²) in [5.74, 6) is 1.03. The quantitative estimate of drug-likeness (QED) is 0.867. The molecule has 0 aromatic heterocycles. The topological polar surface area (TPSA) is 30.5 Å². The highest BCUT2D eigenvalue weighted by Gasteiger charge is 2.13. The van der Waals surface area contributed by atoms with Gasteiger partial charge in [0, 0.05) is 12.1 Å². The number of anilines is 1. The molecule has 3 nitrogen and oxygen atoms in total. The number of fused-ring (bicyclic) bond motifs is 1. The van der Waals surface area contributed by atoms with Crippen molar-refractivity contribution in [3.05, 3.63) is 36.1 Å². The Bertz CT molecular complexity index is 428. The van der Waals surface area contributed by atoms with Gasteiger partial charge < -0.3 is 14.8 Å². The van der Waals surface area contributed by atoms with Gasteiger partial charge in [0.1, 0.15) is 11.9 Å². The molecule has 2 heterocycles. The monoisotopic (exact) mass is 231 g/mol. The summed E-state index contributed by atoms with van der Waals surface area (Å²) in [6, 6.07) is 6.30. The van der Waals surface area contributed by atoms with Crippen LogP contribution in [-0.2, 0) is 11.2 Å². The highest BCUT2D eigenvalue weighted by atomic mass is 16.5. The molecular weight excluding hydrogens is 214 g/mol. The van der Waals surface area contributed by atoms with Crippen LogP contribution in [0, 0.1) is 0 Å². The number of hydrogen-bond acceptors (Lipinski definition) is 3. The van der Waals surface area contributed by atoms with Gasteiger partial charge in [0.2, 0.25) is 0 Å². The highest BCUT2D eigenvalue weighted by Crippen LogP contribution is 2.27. The first-order valence-electron chi connectivity index (χ1n) is 6.22. The Morgan fingerprint density at radius 2 is 2.35 bits per heavy atom. The first-order valence-corrected chi connectivity index (χ1v) is 6.22. The van der Waals surface area contributed by atoms with E-state index in [0.717, 1.165) is 43.9 Å². The van der Waals surface area contributed by atoms with Crippen LogP contribution >= 0.6 is 0 Å². The number of nitrogens with one attached hydrogen (secondary N) is 1. The minimum Gasteiger partial charge on any atom is -0.497 e. The van der Waals surface area contributed by atoms with Crippen LogP contribution in [0.4, 0.5) is 5.69 Å². The van der Waals surface area contributed by atoms with Gasteiger partial charge in [-0.25, -0.2) is 0 Å². The molecule has 0 radical (unpaired) electrons. The van der Waals surface area contributed by atoms with E-state index in [2.05, 4.69) is 23.5 Å². The Morgan fingerprint density at radius 1 is 1.35 bits per heavy atom. The Kier molecular flexibility index (Phi) is 2.90. The van der Waals surface area contributed by atoms with Crippen molar-refractivity contribution in [3.8, 4) is 5.75 Å². The van der Waals surface area contributed by atoms with E-state index in [-0.39, 0.29) is 0 Å². The molecule has 1 aromatic carbocycles. The van der Waals surface area contributed by atoms with Gasteiger partial charge in [-0.3, -0.25) is 0 Å². The minimum absolute atomic E-state index is 0.296. The van der Waals surface area contributed by atoms with Crippen LogP contribution in [0.5, 0.6) is 5.75 Å². The lowest BCUT2D eigenvalue weighted by Gasteiger charge is -2.20. The molecule has 1 N–H and O–H groups in total. The van der Waals surface area contributed by atoms with E-state index < -0.39 is 0 Å². The fourth-order valence-electron chi connectivity index (χ4n) is 2.26. The van der Waals surface area contributed by atoms with E-state index >= 15 is 0 Å². The fraction of sp³-hybridized carbons (Fsp3) is 0.429. The van der Waals surface area contributed by atoms with Crippen LogP contribution in [0.2, 0.25) is 0 Å². The largest absolute Gasteiger partial charge is 0.497 e. The Balaban J connectivity index is 1.59. The third-order valence-electron chi connectivity index (χ3n) is 3.25. The molecule has 17 heavy (non-hydrogen) atoms. The smallest absolute Gasteiger partial charge is 0.122 e. The number of ether oxygens (including phenoxy) is 2. The summed E-state index contributed by atoms with van der Waals surface area (Å²) < 4.78 is 11.0. The van der Waals surface area contributed by atoms with E-state index in [9.17, 15) is 0 Å². The summed E-state index contributed by atoms with van der Waals surface area (Å²) in [5.41, 5.74) is 2.46. The minimum atomic E-state index is 0.296. The third kappa shape index (κ3) is 2.38. The molecule has 2 aliphatic heterocycles. The van der Waals surface area contributed by atoms with Gasteiger partial charge in [0.05, 0.1) is 19.4 Å². The molecule has 0 fully saturated rings. The van der Waals surface area contributed by atoms with Gasteiger partial charge in [-0.1, -0.05) is 0 Å². The van der Waals surface area contributed by atoms with Crippen molar-refractivity contribution in [1.29, 1.82) is 0 Å². The second-order valence-corrected chi connectivity index (χ2v) is 4.51. The molecule has 0 amide bonds. The average molecular weight is 231 g/mol. The first-order chi connectivity index (χ1) is 8.42. The number of allylic oxidation sites excluding steroid dienone is 1. The molecule has 2 aliphatic rings. The van der Waals surface area contributed by atoms with E-state index in [4.69, 9.17) is 9.47 Å². The predicted octanol–water partition coefficient (Wildman–Crippen LogP) is 2.73. The number of hydrogen-bond donors (Lipinski definition) is 1. The third-order valence-corrected chi connectivity index (χ3v) is 3.25. The van der Waals surface area contributed by atoms with Gasteiger partial charge >= 0.3 is 0 Å². The fourth-order valence-corrected chi connectivity index (χ4v) is 2.26. The lowest BCUT2D eigenvalue weighted by molar-refractivity contribution is 0.135. The van der Waals surface area contributed by atoms with Gasteiger partial charge in [-0.15, -0.1) is 0 Å². The molecule has 90 valence electrons. The Morgan fingerprint density at radius 3 is 3.24 bits per heavy atom. The van der Waals surface area contributed by atoms with Crippen molar-refractivity contribution in [2.24, 2.45) is 0 Å². The zero-order valence-corrected chi connectivity index (χ0v) is 9.82. The molecule has 3 heteroatoms. The molecule has 0 bridgehead atoms. The summed E-state index contributed by atoms with van der Waals surface area (Å²) in [7, 11) is 0. The van der Waals surface area contributed by atoms with Crippen LogP contribution in [-0.4, -0.2) is 19.3 Å². The average Bonchev–Trinajstić information content (AvgIpc) is 2.85. The lowest BCUT2D eigenvalue weighted by Crippen LogP contribution is -2.22. The van der Waals surface area contributed by atoms with Crippen molar-refractivity contribution in [3.63, 3.8) is 0 Å². The van der Waals surface area contributed by atoms with Crippen molar-refractivity contribution in [1.82, 2.24) is 0 Å². The van der Waals surface area contributed by atoms with Gasteiger partial charge in [0.25, 0.3) is 0 Å². The molecule has 0 spiro atoms. The molecule has 0 saturated heterocycles. The van der Waals surface area contributed by atoms with Crippen LogP contribution in [0.25, 0.3) is 0 Å². The van der Waals surface area contributed by atoms with Gasteiger partial charge in [-0.05, 0) is 42.7 Å². The summed E-state index contributed by atoms with van der Waals surface area (Å²) in [6.45, 7) is 1.68. The summed E-state index contributed by atoms with van der Waals surface area (Å²) in [4.78, 5) is 0. The van der Waals surface area contributed by atoms with Crippen LogP contribution in [0.1, 0.15) is 18.4 Å². The van der Waals surface area contributed by atoms with Crippen LogP contribution in [0.3, 0.4) is 0 Å². The van der Waals surface area contributed by atoms with Crippen molar-refractivity contribution in [2.75, 3.05) is 18.5 Å². The number of rotatable bonds is 3. The molecule has 3 rings (SSSR count). The highest BCUT2D eigenvalue weighted by molar-refractivity contribution is 5.52. The second kappa shape index (κ2) is 4.70. The maximum absolute atomic E-state index is 5.52. The molecule has 0 saturated carbocycles. The Hall–Kier alpha value is -1.64. The molecular formula is C14H17NO2. The lowest BCUT2D eigenvalue weighted by atomic mass is 10.1. The first kappa shape index (κ1) is 10.5. The molecule has 1 unspecified atom stereocenters. The molecule has 1 aromatic rings. The van der Waals surface area contributed by atoms with Crippen molar-refractivity contribution in [2.45, 2.75) is 25.4 Å². The summed E-state index contributed by atoms with van der Waals surface area (Å²) in [6.07, 6.45) is 7.41. The zero-order chi connectivity index (χ0) is 11.5. The van der Waals surface area contributed by atoms with Gasteiger partial charge in [0.15, 0.2) is 0 Å². The maximum Gasteiger partial charge on any atom is 0.122 e. The Labute approximate surface area is 101 Å². The normalized spacial score (nSPS) is 21.5. The standard InChI is InChI=1S/C14H17NO2/c1-2-7-16-13(3-1)10-15-12-4-5-14-11(9-12)6-8-17-14/h2,4-5,7,9,13,15H,1,3,6,8,10H2. The molecule has 1 atom stereocenters. The van der Waals surface area contributed by atoms with Crippen LogP contribution < -0.4 is 10.1 Å². The summed E-state index contributed by atoms with van der Waals surface area (Å²) in [5, 5.41) is 3.43. The van der Waals surface area contributed by atoms with Crippen LogP contribution in [0.15, 0.2) is 30.5 Å². The summed E-state index contributed by atoms with van der Waals surface area (Å²) >= 11 is 0.